The Balaban J connectivity index is 1.70. The number of aryl methyl sites for hydroxylation is 1. The Kier molecular flexibility index (Phi) is 4.63. The Morgan fingerprint density at radius 3 is 2.95 bits per heavy atom. The van der Waals surface area contributed by atoms with E-state index >= 15 is 0 Å². The van der Waals surface area contributed by atoms with Gasteiger partial charge >= 0.3 is 0 Å². The zero-order chi connectivity index (χ0) is 15.4. The highest BCUT2D eigenvalue weighted by atomic mass is 16.5. The van der Waals surface area contributed by atoms with Crippen LogP contribution in [0.4, 0.5) is 5.82 Å². The van der Waals surface area contributed by atoms with Gasteiger partial charge in [-0.05, 0) is 44.7 Å². The molecule has 0 aromatic carbocycles. The van der Waals surface area contributed by atoms with Crippen molar-refractivity contribution in [3.05, 3.63) is 36.3 Å². The lowest BCUT2D eigenvalue weighted by Crippen LogP contribution is -2.28. The number of nitrogens with zero attached hydrogens (tertiary/aromatic N) is 3. The van der Waals surface area contributed by atoms with Crippen LogP contribution < -0.4 is 5.32 Å². The summed E-state index contributed by atoms with van der Waals surface area (Å²) in [5.74, 6) is 2.26. The van der Waals surface area contributed by atoms with Gasteiger partial charge in [0, 0.05) is 25.4 Å². The van der Waals surface area contributed by atoms with E-state index in [-0.39, 0.29) is 0 Å². The van der Waals surface area contributed by atoms with Crippen molar-refractivity contribution >= 4 is 5.82 Å². The minimum atomic E-state index is 0.358. The minimum absolute atomic E-state index is 0.358. The third-order valence-electron chi connectivity index (χ3n) is 3.93. The van der Waals surface area contributed by atoms with Crippen molar-refractivity contribution in [3.8, 4) is 11.4 Å². The lowest BCUT2D eigenvalue weighted by molar-refractivity contribution is 0.00557. The molecule has 2 aromatic rings. The molecule has 1 fully saturated rings. The van der Waals surface area contributed by atoms with E-state index < -0.39 is 0 Å². The van der Waals surface area contributed by atoms with Gasteiger partial charge in [-0.25, -0.2) is 9.97 Å². The molecule has 0 saturated carbocycles. The van der Waals surface area contributed by atoms with Crippen LogP contribution in [0, 0.1) is 12.8 Å². The van der Waals surface area contributed by atoms with Gasteiger partial charge in [-0.15, -0.1) is 0 Å². The first-order valence-corrected chi connectivity index (χ1v) is 7.83. The second-order valence-corrected chi connectivity index (χ2v) is 5.85. The number of anilines is 1. The molecular formula is C17H22N4O. The van der Waals surface area contributed by atoms with Crippen molar-refractivity contribution in [1.82, 2.24) is 15.0 Å². The lowest BCUT2D eigenvalue weighted by atomic mass is 9.96. The predicted molar refractivity (Wildman–Crippen MR) is 86.6 cm³/mol. The van der Waals surface area contributed by atoms with Crippen LogP contribution in [0.1, 0.15) is 25.6 Å². The third-order valence-corrected chi connectivity index (χ3v) is 3.93. The first-order chi connectivity index (χ1) is 10.7. The van der Waals surface area contributed by atoms with Crippen LogP contribution >= 0.6 is 0 Å². The number of hydrogen-bond donors (Lipinski definition) is 1. The summed E-state index contributed by atoms with van der Waals surface area (Å²) in [4.78, 5) is 13.3. The van der Waals surface area contributed by atoms with Crippen molar-refractivity contribution in [2.24, 2.45) is 5.92 Å². The first-order valence-electron chi connectivity index (χ1n) is 7.83. The molecule has 22 heavy (non-hydrogen) atoms. The van der Waals surface area contributed by atoms with Crippen LogP contribution in [0.15, 0.2) is 30.5 Å². The van der Waals surface area contributed by atoms with Gasteiger partial charge in [-0.2, -0.15) is 0 Å². The van der Waals surface area contributed by atoms with E-state index in [0.717, 1.165) is 49.0 Å². The van der Waals surface area contributed by atoms with Crippen molar-refractivity contribution in [2.75, 3.05) is 18.5 Å². The zero-order valence-electron chi connectivity index (χ0n) is 13.1. The van der Waals surface area contributed by atoms with E-state index in [1.54, 1.807) is 6.20 Å². The fourth-order valence-corrected chi connectivity index (χ4v) is 2.83. The number of aromatic nitrogens is 3. The fourth-order valence-electron chi connectivity index (χ4n) is 2.83. The van der Waals surface area contributed by atoms with Crippen LogP contribution in [0.2, 0.25) is 0 Å². The van der Waals surface area contributed by atoms with E-state index in [1.807, 2.05) is 31.2 Å². The highest BCUT2D eigenvalue weighted by molar-refractivity contribution is 5.58. The molecule has 5 nitrogen and oxygen atoms in total. The summed E-state index contributed by atoms with van der Waals surface area (Å²) < 4.78 is 5.59. The molecule has 2 atom stereocenters. The van der Waals surface area contributed by atoms with Crippen molar-refractivity contribution in [2.45, 2.75) is 32.8 Å². The zero-order valence-corrected chi connectivity index (χ0v) is 13.1. The van der Waals surface area contributed by atoms with Crippen molar-refractivity contribution < 1.29 is 4.74 Å². The highest BCUT2D eigenvalue weighted by Gasteiger charge is 2.19. The molecule has 0 spiro atoms. The van der Waals surface area contributed by atoms with Gasteiger partial charge in [0.05, 0.1) is 17.5 Å². The monoisotopic (exact) mass is 298 g/mol. The average molecular weight is 298 g/mol. The second kappa shape index (κ2) is 6.83. The molecule has 0 bridgehead atoms. The molecule has 0 aliphatic carbocycles. The molecule has 3 rings (SSSR count). The third kappa shape index (κ3) is 3.80. The molecule has 1 saturated heterocycles. The van der Waals surface area contributed by atoms with E-state index in [4.69, 9.17) is 4.74 Å². The molecular weight excluding hydrogens is 276 g/mol. The molecule has 0 radical (unpaired) electrons. The highest BCUT2D eigenvalue weighted by Crippen LogP contribution is 2.21. The molecule has 3 heterocycles. The van der Waals surface area contributed by atoms with Gasteiger partial charge in [0.1, 0.15) is 11.6 Å². The Morgan fingerprint density at radius 2 is 2.18 bits per heavy atom. The molecule has 116 valence electrons. The number of ether oxygens (including phenoxy) is 1. The van der Waals surface area contributed by atoms with Crippen LogP contribution in [-0.2, 0) is 4.74 Å². The summed E-state index contributed by atoms with van der Waals surface area (Å²) >= 11 is 0. The van der Waals surface area contributed by atoms with Crippen LogP contribution in [-0.4, -0.2) is 34.2 Å². The molecule has 1 N–H and O–H groups in total. The quantitative estimate of drug-likeness (QED) is 0.940. The van der Waals surface area contributed by atoms with E-state index in [9.17, 15) is 0 Å². The van der Waals surface area contributed by atoms with Gasteiger partial charge in [-0.1, -0.05) is 6.07 Å². The normalized spacial score (nSPS) is 21.5. The molecule has 1 aliphatic rings. The molecule has 5 heteroatoms. The van der Waals surface area contributed by atoms with E-state index in [0.29, 0.717) is 12.0 Å². The lowest BCUT2D eigenvalue weighted by Gasteiger charge is -2.27. The summed E-state index contributed by atoms with van der Waals surface area (Å²) in [5, 5.41) is 3.45. The van der Waals surface area contributed by atoms with E-state index in [2.05, 4.69) is 27.2 Å². The predicted octanol–water partition coefficient (Wildman–Crippen LogP) is 3.07. The minimum Gasteiger partial charge on any atom is -0.378 e. The maximum Gasteiger partial charge on any atom is 0.130 e. The summed E-state index contributed by atoms with van der Waals surface area (Å²) in [5.41, 5.74) is 1.73. The molecule has 1 aliphatic heterocycles. The van der Waals surface area contributed by atoms with Crippen LogP contribution in [0.3, 0.4) is 0 Å². The van der Waals surface area contributed by atoms with Crippen molar-refractivity contribution in [3.63, 3.8) is 0 Å². The first kappa shape index (κ1) is 14.9. The average Bonchev–Trinajstić information content (AvgIpc) is 2.53. The topological polar surface area (TPSA) is 59.9 Å². The standard InChI is InChI=1S/C17H22N4O/c1-12-9-14(6-8-22-12)11-19-17-10-16(20-13(2)21-17)15-5-3-4-7-18-15/h3-5,7,10,12,14H,6,8-9,11H2,1-2H3,(H,19,20,21). The maximum atomic E-state index is 5.59. The largest absolute Gasteiger partial charge is 0.378 e. The smallest absolute Gasteiger partial charge is 0.130 e. The summed E-state index contributed by atoms with van der Waals surface area (Å²) in [6.07, 6.45) is 4.35. The van der Waals surface area contributed by atoms with Gasteiger partial charge < -0.3 is 10.1 Å². The molecule has 2 aromatic heterocycles. The second-order valence-electron chi connectivity index (χ2n) is 5.85. The van der Waals surface area contributed by atoms with Gasteiger partial charge in [-0.3, -0.25) is 4.98 Å². The Labute approximate surface area is 131 Å². The number of hydrogen-bond acceptors (Lipinski definition) is 5. The van der Waals surface area contributed by atoms with Gasteiger partial charge in [0.15, 0.2) is 0 Å². The SMILES string of the molecule is Cc1nc(NCC2CCOC(C)C2)cc(-c2ccccn2)n1. The van der Waals surface area contributed by atoms with Crippen LogP contribution in [0.25, 0.3) is 11.4 Å². The van der Waals surface area contributed by atoms with Gasteiger partial charge in [0.25, 0.3) is 0 Å². The van der Waals surface area contributed by atoms with Gasteiger partial charge in [0.2, 0.25) is 0 Å². The fraction of sp³-hybridized carbons (Fsp3) is 0.471. The van der Waals surface area contributed by atoms with E-state index in [1.165, 1.54) is 0 Å². The summed E-state index contributed by atoms with van der Waals surface area (Å²) in [7, 11) is 0. The Hall–Kier alpha value is -2.01. The molecule has 2 unspecified atom stereocenters. The number of nitrogens with one attached hydrogen (secondary N) is 1. The maximum absolute atomic E-state index is 5.59. The Bertz CT molecular complexity index is 617. The van der Waals surface area contributed by atoms with Crippen molar-refractivity contribution in [1.29, 1.82) is 0 Å². The summed E-state index contributed by atoms with van der Waals surface area (Å²) in [6.45, 7) is 5.83. The molecule has 0 amide bonds. The number of pyridine rings is 1. The summed E-state index contributed by atoms with van der Waals surface area (Å²) in [6, 6.07) is 7.81. The van der Waals surface area contributed by atoms with Crippen LogP contribution in [0.5, 0.6) is 0 Å². The Morgan fingerprint density at radius 1 is 1.27 bits per heavy atom. The number of rotatable bonds is 4.